The number of carbonyl (C=O) groups excluding carboxylic acids is 1. The maximum absolute atomic E-state index is 13.8. The number of benzene rings is 3. The molecule has 1 atom stereocenters. The van der Waals surface area contributed by atoms with E-state index in [1.165, 1.54) is 11.6 Å². The molecule has 1 unspecified atom stereocenters. The second-order valence-electron chi connectivity index (χ2n) is 6.89. The Balaban J connectivity index is 1.69. The monoisotopic (exact) mass is 379 g/mol. The Bertz CT molecular complexity index is 929. The summed E-state index contributed by atoms with van der Waals surface area (Å²) in [7, 11) is 1.81. The molecule has 0 aliphatic carbocycles. The first kappa shape index (κ1) is 19.9. The van der Waals surface area contributed by atoms with Crippen LogP contribution in [0.3, 0.4) is 0 Å². The number of Topliss-reactive ketones (excluding diaryl/α,β-unsaturated/α-hetero) is 1. The maximum Gasteiger partial charge on any atom is 0.168 e. The summed E-state index contributed by atoms with van der Waals surface area (Å²) < 4.78 is 27.6. The summed E-state index contributed by atoms with van der Waals surface area (Å²) in [5.41, 5.74) is 4.05. The van der Waals surface area contributed by atoms with Gasteiger partial charge in [-0.15, -0.1) is 0 Å². The summed E-state index contributed by atoms with van der Waals surface area (Å²) >= 11 is 0. The topological polar surface area (TPSA) is 29.1 Å². The Morgan fingerprint density at radius 2 is 1.43 bits per heavy atom. The van der Waals surface area contributed by atoms with Gasteiger partial charge in [-0.05, 0) is 49.2 Å². The third-order valence-electron chi connectivity index (χ3n) is 4.95. The smallest absolute Gasteiger partial charge is 0.168 e. The zero-order chi connectivity index (χ0) is 20.1. The van der Waals surface area contributed by atoms with E-state index in [1.807, 2.05) is 31.3 Å². The number of nitrogens with one attached hydrogen (secondary N) is 1. The van der Waals surface area contributed by atoms with Crippen molar-refractivity contribution in [1.82, 2.24) is 5.32 Å². The molecule has 2 nitrogen and oxygen atoms in total. The Morgan fingerprint density at radius 3 is 1.96 bits per heavy atom. The van der Waals surface area contributed by atoms with E-state index in [4.69, 9.17) is 0 Å². The largest absolute Gasteiger partial charge is 0.313 e. The Kier molecular flexibility index (Phi) is 6.32. The molecular formula is C24H23F2NO. The fourth-order valence-corrected chi connectivity index (χ4v) is 3.30. The van der Waals surface area contributed by atoms with Gasteiger partial charge in [0, 0.05) is 12.5 Å². The molecule has 0 radical (unpaired) electrons. The van der Waals surface area contributed by atoms with E-state index in [0.717, 1.165) is 28.8 Å². The number of aryl methyl sites for hydroxylation is 1. The van der Waals surface area contributed by atoms with Gasteiger partial charge in [-0.25, -0.2) is 8.78 Å². The molecule has 0 heterocycles. The van der Waals surface area contributed by atoms with E-state index in [-0.39, 0.29) is 12.5 Å². The molecule has 3 aromatic rings. The van der Waals surface area contributed by atoms with Crippen LogP contribution in [0.5, 0.6) is 0 Å². The molecule has 4 heteroatoms. The highest BCUT2D eigenvalue weighted by molar-refractivity contribution is 5.96. The van der Waals surface area contributed by atoms with Crippen molar-refractivity contribution in [3.05, 3.63) is 95.1 Å². The zero-order valence-corrected chi connectivity index (χ0v) is 16.0. The number of carbonyl (C=O) groups is 1. The van der Waals surface area contributed by atoms with E-state index in [2.05, 4.69) is 36.5 Å². The summed E-state index contributed by atoms with van der Waals surface area (Å²) in [5, 5.41) is 3.18. The van der Waals surface area contributed by atoms with Crippen molar-refractivity contribution in [3.63, 3.8) is 0 Å². The normalized spacial score (nSPS) is 12.0. The van der Waals surface area contributed by atoms with E-state index in [9.17, 15) is 13.6 Å². The Hall–Kier alpha value is -2.85. The average molecular weight is 379 g/mol. The lowest BCUT2D eigenvalue weighted by Gasteiger charge is -2.17. The van der Waals surface area contributed by atoms with Crippen molar-refractivity contribution >= 4 is 5.78 Å². The van der Waals surface area contributed by atoms with E-state index in [0.29, 0.717) is 6.42 Å². The van der Waals surface area contributed by atoms with Crippen LogP contribution in [0.1, 0.15) is 40.4 Å². The standard InChI is InChI=1S/C24H23F2NO/c1-16-6-8-17(9-7-16)18-10-12-19(13-11-18)22(27-2)14-15-23(28)24-20(25)4-3-5-21(24)26/h3-13,22,27H,14-15H2,1-2H3. The molecule has 3 rings (SSSR count). The van der Waals surface area contributed by atoms with Crippen LogP contribution >= 0.6 is 0 Å². The molecule has 0 fully saturated rings. The van der Waals surface area contributed by atoms with Gasteiger partial charge in [0.1, 0.15) is 11.6 Å². The fraction of sp³-hybridized carbons (Fsp3) is 0.208. The summed E-state index contributed by atoms with van der Waals surface area (Å²) in [6.07, 6.45) is 0.510. The van der Waals surface area contributed by atoms with E-state index >= 15 is 0 Å². The molecule has 0 bridgehead atoms. The highest BCUT2D eigenvalue weighted by Crippen LogP contribution is 2.25. The molecule has 1 N–H and O–H groups in total. The quantitative estimate of drug-likeness (QED) is 0.521. The predicted octanol–water partition coefficient (Wildman–Crippen LogP) is 5.86. The second-order valence-corrected chi connectivity index (χ2v) is 6.89. The van der Waals surface area contributed by atoms with Crippen LogP contribution in [0.15, 0.2) is 66.7 Å². The Morgan fingerprint density at radius 1 is 0.893 bits per heavy atom. The summed E-state index contributed by atoms with van der Waals surface area (Å²) in [5.74, 6) is -2.14. The molecule has 144 valence electrons. The number of hydrogen-bond acceptors (Lipinski definition) is 2. The number of rotatable bonds is 7. The lowest BCUT2D eigenvalue weighted by atomic mass is 9.96. The lowest BCUT2D eigenvalue weighted by Crippen LogP contribution is -2.18. The van der Waals surface area contributed by atoms with Crippen molar-refractivity contribution < 1.29 is 13.6 Å². The predicted molar refractivity (Wildman–Crippen MR) is 108 cm³/mol. The molecule has 3 aromatic carbocycles. The summed E-state index contributed by atoms with van der Waals surface area (Å²) in [6, 6.07) is 19.8. The SMILES string of the molecule is CNC(CCC(=O)c1c(F)cccc1F)c1ccc(-c2ccc(C)cc2)cc1. The van der Waals surface area contributed by atoms with Crippen molar-refractivity contribution in [2.45, 2.75) is 25.8 Å². The molecule has 0 amide bonds. The number of hydrogen-bond donors (Lipinski definition) is 1. The van der Waals surface area contributed by atoms with Gasteiger partial charge in [0.2, 0.25) is 0 Å². The second kappa shape index (κ2) is 8.89. The summed E-state index contributed by atoms with van der Waals surface area (Å²) in [4.78, 5) is 12.3. The van der Waals surface area contributed by atoms with Crippen molar-refractivity contribution in [1.29, 1.82) is 0 Å². The first-order valence-corrected chi connectivity index (χ1v) is 9.31. The Labute approximate surface area is 164 Å². The summed E-state index contributed by atoms with van der Waals surface area (Å²) in [6.45, 7) is 2.05. The van der Waals surface area contributed by atoms with Gasteiger partial charge >= 0.3 is 0 Å². The minimum atomic E-state index is -0.812. The highest BCUT2D eigenvalue weighted by atomic mass is 19.1. The van der Waals surface area contributed by atoms with E-state index < -0.39 is 23.0 Å². The van der Waals surface area contributed by atoms with Crippen LogP contribution in [0.25, 0.3) is 11.1 Å². The van der Waals surface area contributed by atoms with Gasteiger partial charge < -0.3 is 5.32 Å². The van der Waals surface area contributed by atoms with Crippen molar-refractivity contribution in [3.8, 4) is 11.1 Å². The number of halogens is 2. The zero-order valence-electron chi connectivity index (χ0n) is 16.0. The van der Waals surface area contributed by atoms with Gasteiger partial charge in [0.25, 0.3) is 0 Å². The van der Waals surface area contributed by atoms with Crippen LogP contribution in [0, 0.1) is 18.6 Å². The first-order chi connectivity index (χ1) is 13.5. The molecule has 0 saturated carbocycles. The molecule has 28 heavy (non-hydrogen) atoms. The van der Waals surface area contributed by atoms with Gasteiger partial charge in [0.15, 0.2) is 5.78 Å². The van der Waals surface area contributed by atoms with Crippen LogP contribution in [0.4, 0.5) is 8.78 Å². The molecule has 0 aliphatic heterocycles. The van der Waals surface area contributed by atoms with Crippen molar-refractivity contribution in [2.75, 3.05) is 7.05 Å². The highest BCUT2D eigenvalue weighted by Gasteiger charge is 2.19. The van der Waals surface area contributed by atoms with Crippen molar-refractivity contribution in [2.24, 2.45) is 0 Å². The molecule has 0 spiro atoms. The van der Waals surface area contributed by atoms with E-state index in [1.54, 1.807) is 0 Å². The number of ketones is 1. The third-order valence-corrected chi connectivity index (χ3v) is 4.95. The van der Waals surface area contributed by atoms with Crippen LogP contribution < -0.4 is 5.32 Å². The molecular weight excluding hydrogens is 356 g/mol. The molecule has 0 aromatic heterocycles. The van der Waals surface area contributed by atoms with Crippen LogP contribution in [0.2, 0.25) is 0 Å². The van der Waals surface area contributed by atoms with Gasteiger partial charge in [0.05, 0.1) is 5.56 Å². The van der Waals surface area contributed by atoms with Crippen LogP contribution in [-0.2, 0) is 0 Å². The molecule has 0 saturated heterocycles. The minimum Gasteiger partial charge on any atom is -0.313 e. The maximum atomic E-state index is 13.8. The fourth-order valence-electron chi connectivity index (χ4n) is 3.30. The lowest BCUT2D eigenvalue weighted by molar-refractivity contribution is 0.0968. The minimum absolute atomic E-state index is 0.0586. The first-order valence-electron chi connectivity index (χ1n) is 9.31. The van der Waals surface area contributed by atoms with Gasteiger partial charge in [-0.2, -0.15) is 0 Å². The van der Waals surface area contributed by atoms with Crippen LogP contribution in [-0.4, -0.2) is 12.8 Å². The van der Waals surface area contributed by atoms with Gasteiger partial charge in [-0.3, -0.25) is 4.79 Å². The third kappa shape index (κ3) is 4.52. The average Bonchev–Trinajstić information content (AvgIpc) is 2.69. The molecule has 0 aliphatic rings. The van der Waals surface area contributed by atoms with Gasteiger partial charge in [-0.1, -0.05) is 60.2 Å².